The normalized spacial score (nSPS) is 25.4. The van der Waals surface area contributed by atoms with E-state index in [4.69, 9.17) is 0 Å². The molecule has 3 heterocycles. The van der Waals surface area contributed by atoms with Gasteiger partial charge in [0.05, 0.1) is 11.8 Å². The molecule has 0 radical (unpaired) electrons. The van der Waals surface area contributed by atoms with Crippen LogP contribution in [0.2, 0.25) is 0 Å². The van der Waals surface area contributed by atoms with Crippen molar-refractivity contribution in [1.82, 2.24) is 25.7 Å². The molecule has 3 aliphatic rings. The smallest absolute Gasteiger partial charge is 0.256 e. The molecule has 0 spiro atoms. The molecule has 1 aromatic carbocycles. The predicted octanol–water partition coefficient (Wildman–Crippen LogP) is 1.93. The summed E-state index contributed by atoms with van der Waals surface area (Å²) in [5, 5.41) is 0. The van der Waals surface area contributed by atoms with Gasteiger partial charge in [0.15, 0.2) is 0 Å². The van der Waals surface area contributed by atoms with Crippen LogP contribution in [0.5, 0.6) is 0 Å². The van der Waals surface area contributed by atoms with Gasteiger partial charge in [-0.1, -0.05) is 18.9 Å². The van der Waals surface area contributed by atoms with Crippen molar-refractivity contribution in [3.8, 4) is 0 Å². The monoisotopic (exact) mass is 452 g/mol. The van der Waals surface area contributed by atoms with Crippen LogP contribution >= 0.6 is 0 Å². The number of aromatic nitrogens is 2. The van der Waals surface area contributed by atoms with Crippen LogP contribution in [0, 0.1) is 17.7 Å². The van der Waals surface area contributed by atoms with E-state index in [0.717, 1.165) is 37.1 Å². The number of nitrogens with zero attached hydrogens (tertiary/aromatic N) is 4. The maximum absolute atomic E-state index is 14.7. The maximum atomic E-state index is 14.7. The van der Waals surface area contributed by atoms with Crippen LogP contribution in [0.15, 0.2) is 36.8 Å². The third kappa shape index (κ3) is 4.55. The number of fused-ring (bicyclic) bond motifs is 1. The first-order chi connectivity index (χ1) is 16.1. The van der Waals surface area contributed by atoms with Gasteiger partial charge in [0.25, 0.3) is 5.91 Å². The van der Waals surface area contributed by atoms with Crippen molar-refractivity contribution in [2.75, 3.05) is 31.1 Å². The van der Waals surface area contributed by atoms with Gasteiger partial charge in [-0.25, -0.2) is 14.8 Å². The van der Waals surface area contributed by atoms with Crippen LogP contribution in [0.4, 0.5) is 10.2 Å². The highest BCUT2D eigenvalue weighted by Crippen LogP contribution is 2.35. The first-order valence-corrected chi connectivity index (χ1v) is 11.7. The maximum Gasteiger partial charge on any atom is 0.256 e. The van der Waals surface area contributed by atoms with E-state index in [9.17, 15) is 14.0 Å². The van der Waals surface area contributed by atoms with E-state index in [1.54, 1.807) is 35.6 Å². The number of benzene rings is 1. The predicted molar refractivity (Wildman–Crippen MR) is 121 cm³/mol. The van der Waals surface area contributed by atoms with E-state index in [1.807, 2.05) is 0 Å². The van der Waals surface area contributed by atoms with Crippen molar-refractivity contribution >= 4 is 17.6 Å². The van der Waals surface area contributed by atoms with Gasteiger partial charge < -0.3 is 9.80 Å². The van der Waals surface area contributed by atoms with Gasteiger partial charge in [0.2, 0.25) is 5.91 Å². The quantitative estimate of drug-likeness (QED) is 0.737. The Kier molecular flexibility index (Phi) is 6.22. The molecule has 174 valence electrons. The first-order valence-electron chi connectivity index (χ1n) is 11.7. The molecule has 1 aliphatic carbocycles. The van der Waals surface area contributed by atoms with Gasteiger partial charge in [0.1, 0.15) is 11.6 Å². The molecule has 0 bridgehead atoms. The Hall–Kier alpha value is -3.07. The van der Waals surface area contributed by atoms with Crippen LogP contribution < -0.4 is 15.8 Å². The molecule has 1 aromatic heterocycles. The fourth-order valence-corrected chi connectivity index (χ4v) is 5.41. The molecular formula is C24H29FN6O2. The molecule has 3 atom stereocenters. The summed E-state index contributed by atoms with van der Waals surface area (Å²) in [5.41, 5.74) is 6.99. The summed E-state index contributed by atoms with van der Waals surface area (Å²) < 4.78 is 14.7. The molecular weight excluding hydrogens is 423 g/mol. The average molecular weight is 453 g/mol. The second-order valence-electron chi connectivity index (χ2n) is 9.16. The summed E-state index contributed by atoms with van der Waals surface area (Å²) >= 11 is 0. The van der Waals surface area contributed by atoms with Gasteiger partial charge in [-0.3, -0.25) is 20.0 Å². The number of piperazine rings is 1. The summed E-state index contributed by atoms with van der Waals surface area (Å²) in [6, 6.07) is 4.89. The van der Waals surface area contributed by atoms with E-state index in [-0.39, 0.29) is 35.3 Å². The number of carbonyl (C=O) groups excluding carboxylic acids is 2. The lowest BCUT2D eigenvalue weighted by Crippen LogP contribution is -2.60. The first kappa shape index (κ1) is 21.8. The van der Waals surface area contributed by atoms with Gasteiger partial charge in [0, 0.05) is 50.5 Å². The van der Waals surface area contributed by atoms with Crippen LogP contribution in [0.1, 0.15) is 41.6 Å². The number of carbonyl (C=O) groups is 2. The van der Waals surface area contributed by atoms with Crippen LogP contribution in [-0.4, -0.2) is 58.9 Å². The van der Waals surface area contributed by atoms with Gasteiger partial charge in [-0.05, 0) is 42.9 Å². The molecule has 2 aromatic rings. The summed E-state index contributed by atoms with van der Waals surface area (Å²) in [6.45, 7) is 2.25. The SMILES string of the molecule is O=C1NNC(Cc2ccc(F)c(C(=O)N3CCN(c4cnccn4)CC3)c2)C2CCCCC12. The van der Waals surface area contributed by atoms with E-state index in [0.29, 0.717) is 32.6 Å². The molecule has 2 N–H and O–H groups in total. The van der Waals surface area contributed by atoms with Crippen LogP contribution in [-0.2, 0) is 11.2 Å². The highest BCUT2D eigenvalue weighted by Gasteiger charge is 2.39. The van der Waals surface area contributed by atoms with Crippen molar-refractivity contribution in [2.45, 2.75) is 38.1 Å². The van der Waals surface area contributed by atoms with Crippen molar-refractivity contribution in [3.63, 3.8) is 0 Å². The Bertz CT molecular complexity index is 1010. The molecule has 3 unspecified atom stereocenters. The molecule has 8 nitrogen and oxygen atoms in total. The third-order valence-electron chi connectivity index (χ3n) is 7.21. The lowest BCUT2D eigenvalue weighted by atomic mass is 9.72. The molecule has 33 heavy (non-hydrogen) atoms. The Morgan fingerprint density at radius 3 is 2.73 bits per heavy atom. The molecule has 9 heteroatoms. The summed E-state index contributed by atoms with van der Waals surface area (Å²) in [5.74, 6) is 0.384. The van der Waals surface area contributed by atoms with Crippen LogP contribution in [0.3, 0.4) is 0 Å². The number of amides is 2. The standard InChI is InChI=1S/C24H29FN6O2/c25-20-6-5-16(14-21-17-3-1-2-4-18(17)23(32)29-28-21)13-19(20)24(33)31-11-9-30(10-12-31)22-15-26-7-8-27-22/h5-8,13,15,17-18,21,28H,1-4,9-12,14H2,(H,29,32). The molecule has 2 amide bonds. The molecule has 2 saturated heterocycles. The van der Waals surface area contributed by atoms with Crippen molar-refractivity contribution in [2.24, 2.45) is 11.8 Å². The number of rotatable bonds is 4. The topological polar surface area (TPSA) is 90.5 Å². The summed E-state index contributed by atoms with van der Waals surface area (Å²) in [6.07, 6.45) is 9.77. The zero-order valence-electron chi connectivity index (χ0n) is 18.5. The van der Waals surface area contributed by atoms with E-state index >= 15 is 0 Å². The number of halogens is 1. The lowest BCUT2D eigenvalue weighted by molar-refractivity contribution is -0.133. The highest BCUT2D eigenvalue weighted by atomic mass is 19.1. The van der Waals surface area contributed by atoms with E-state index < -0.39 is 5.82 Å². The van der Waals surface area contributed by atoms with Gasteiger partial charge in [-0.2, -0.15) is 0 Å². The fraction of sp³-hybridized carbons (Fsp3) is 0.500. The summed E-state index contributed by atoms with van der Waals surface area (Å²) in [4.78, 5) is 37.6. The number of anilines is 1. The Morgan fingerprint density at radius 2 is 1.94 bits per heavy atom. The molecule has 5 rings (SSSR count). The number of nitrogens with one attached hydrogen (secondary N) is 2. The zero-order chi connectivity index (χ0) is 22.8. The van der Waals surface area contributed by atoms with E-state index in [2.05, 4.69) is 25.7 Å². The average Bonchev–Trinajstić information content (AvgIpc) is 2.87. The van der Waals surface area contributed by atoms with Gasteiger partial charge in [-0.15, -0.1) is 0 Å². The Balaban J connectivity index is 1.26. The minimum atomic E-state index is -0.499. The van der Waals surface area contributed by atoms with Crippen molar-refractivity contribution in [3.05, 3.63) is 53.7 Å². The van der Waals surface area contributed by atoms with E-state index in [1.165, 1.54) is 6.07 Å². The number of hydrogen-bond acceptors (Lipinski definition) is 6. The number of hydrogen-bond donors (Lipinski definition) is 2. The van der Waals surface area contributed by atoms with Crippen molar-refractivity contribution < 1.29 is 14.0 Å². The second kappa shape index (κ2) is 9.43. The highest BCUT2D eigenvalue weighted by molar-refractivity contribution is 5.95. The fourth-order valence-electron chi connectivity index (χ4n) is 5.41. The number of hydrazine groups is 1. The van der Waals surface area contributed by atoms with Crippen molar-refractivity contribution in [1.29, 1.82) is 0 Å². The largest absolute Gasteiger partial charge is 0.352 e. The molecule has 1 saturated carbocycles. The van der Waals surface area contributed by atoms with Crippen LogP contribution in [0.25, 0.3) is 0 Å². The minimum Gasteiger partial charge on any atom is -0.352 e. The zero-order valence-corrected chi connectivity index (χ0v) is 18.5. The molecule has 2 aliphatic heterocycles. The minimum absolute atomic E-state index is 0.0390. The Morgan fingerprint density at radius 1 is 1.12 bits per heavy atom. The third-order valence-corrected chi connectivity index (χ3v) is 7.21. The lowest BCUT2D eigenvalue weighted by Gasteiger charge is -2.41. The summed E-state index contributed by atoms with van der Waals surface area (Å²) in [7, 11) is 0. The van der Waals surface area contributed by atoms with Gasteiger partial charge >= 0.3 is 0 Å². The second-order valence-corrected chi connectivity index (χ2v) is 9.16. The molecule has 3 fully saturated rings. The Labute approximate surface area is 192 Å².